The van der Waals surface area contributed by atoms with Gasteiger partial charge in [-0.25, -0.2) is 0 Å². The molecule has 1 heterocycles. The third-order valence-electron chi connectivity index (χ3n) is 2.85. The summed E-state index contributed by atoms with van der Waals surface area (Å²) in [5.74, 6) is 0. The largest absolute Gasteiger partial charge is 0.327 e. The summed E-state index contributed by atoms with van der Waals surface area (Å²) in [5.41, 5.74) is 6.44. The smallest absolute Gasteiger partial charge is 0.121 e. The van der Waals surface area contributed by atoms with Gasteiger partial charge in [-0.05, 0) is 11.8 Å². The van der Waals surface area contributed by atoms with E-state index in [4.69, 9.17) is 5.73 Å². The Labute approximate surface area is 50.9 Å². The van der Waals surface area contributed by atoms with Gasteiger partial charge in [-0.3, -0.25) is 0 Å². The van der Waals surface area contributed by atoms with Gasteiger partial charge in [0.25, 0.3) is 0 Å². The molecule has 0 radical (unpaired) electrons. The molecule has 1 saturated carbocycles. The van der Waals surface area contributed by atoms with E-state index in [0.717, 1.165) is 0 Å². The molecule has 1 saturated heterocycles. The van der Waals surface area contributed by atoms with E-state index < -0.39 is 0 Å². The molecule has 2 heteroatoms. The third-order valence-corrected chi connectivity index (χ3v) is 2.85. The number of nitrogens with two attached hydrogens (primary N) is 1. The number of hydrogen-bond donors (Lipinski definition) is 1. The molecule has 0 aromatic carbocycles. The van der Waals surface area contributed by atoms with Crippen LogP contribution in [0.15, 0.2) is 0 Å². The van der Waals surface area contributed by atoms with Gasteiger partial charge in [0, 0.05) is 6.04 Å². The molecule has 1 aliphatic carbocycles. The minimum absolute atomic E-state index is 0.588. The molecule has 0 amide bonds. The standard InChI is InChI=1S/C6H12BN/c8-5-3-6(5)1-2-7-4-6/h5,7H,1-4,8H2. The lowest BCUT2D eigenvalue weighted by atomic mass is 9.75. The second-order valence-electron chi connectivity index (χ2n) is 3.38. The summed E-state index contributed by atoms with van der Waals surface area (Å²) >= 11 is 0. The maximum absolute atomic E-state index is 5.76. The maximum atomic E-state index is 5.76. The normalized spacial score (nSPS) is 51.9. The van der Waals surface area contributed by atoms with Crippen molar-refractivity contribution in [3.8, 4) is 0 Å². The van der Waals surface area contributed by atoms with Gasteiger partial charge in [-0.2, -0.15) is 0 Å². The minimum Gasteiger partial charge on any atom is -0.327 e. The highest BCUT2D eigenvalue weighted by molar-refractivity contribution is 6.37. The summed E-state index contributed by atoms with van der Waals surface area (Å²) in [6.45, 7) is 0. The van der Waals surface area contributed by atoms with E-state index in [-0.39, 0.29) is 0 Å². The Morgan fingerprint density at radius 3 is 2.62 bits per heavy atom. The lowest BCUT2D eigenvalue weighted by Crippen LogP contribution is -2.09. The summed E-state index contributed by atoms with van der Waals surface area (Å²) in [6.07, 6.45) is 5.61. The molecule has 44 valence electrons. The van der Waals surface area contributed by atoms with Crippen molar-refractivity contribution < 1.29 is 0 Å². The second-order valence-corrected chi connectivity index (χ2v) is 3.38. The van der Waals surface area contributed by atoms with Crippen LogP contribution in [-0.2, 0) is 0 Å². The highest BCUT2D eigenvalue weighted by atomic mass is 14.8. The van der Waals surface area contributed by atoms with Crippen LogP contribution in [0.1, 0.15) is 12.8 Å². The Kier molecular flexibility index (Phi) is 0.788. The SMILES string of the molecule is NC1CC12CBCC2. The molecule has 1 aliphatic heterocycles. The fourth-order valence-corrected chi connectivity index (χ4v) is 2.03. The van der Waals surface area contributed by atoms with Crippen LogP contribution in [-0.4, -0.2) is 13.3 Å². The van der Waals surface area contributed by atoms with Crippen molar-refractivity contribution in [3.63, 3.8) is 0 Å². The summed E-state index contributed by atoms with van der Waals surface area (Å²) in [7, 11) is 1.44. The van der Waals surface area contributed by atoms with E-state index in [9.17, 15) is 0 Å². The topological polar surface area (TPSA) is 26.0 Å². The van der Waals surface area contributed by atoms with Crippen molar-refractivity contribution in [1.29, 1.82) is 0 Å². The van der Waals surface area contributed by atoms with Gasteiger partial charge in [0.15, 0.2) is 0 Å². The molecule has 2 N–H and O–H groups in total. The average Bonchev–Trinajstić information content (AvgIpc) is 2.29. The third kappa shape index (κ3) is 0.468. The molecule has 0 bridgehead atoms. The van der Waals surface area contributed by atoms with Crippen LogP contribution in [0.25, 0.3) is 0 Å². The van der Waals surface area contributed by atoms with Crippen LogP contribution < -0.4 is 5.73 Å². The first-order valence-electron chi connectivity index (χ1n) is 3.59. The van der Waals surface area contributed by atoms with Crippen molar-refractivity contribution in [2.24, 2.45) is 11.1 Å². The summed E-state index contributed by atoms with van der Waals surface area (Å²) < 4.78 is 0. The van der Waals surface area contributed by atoms with Crippen molar-refractivity contribution in [2.75, 3.05) is 0 Å². The Morgan fingerprint density at radius 2 is 2.38 bits per heavy atom. The Morgan fingerprint density at radius 1 is 1.62 bits per heavy atom. The van der Waals surface area contributed by atoms with E-state index in [1.54, 1.807) is 0 Å². The van der Waals surface area contributed by atoms with Crippen LogP contribution in [0.4, 0.5) is 0 Å². The van der Waals surface area contributed by atoms with Gasteiger partial charge in [0.2, 0.25) is 0 Å². The summed E-state index contributed by atoms with van der Waals surface area (Å²) in [5, 5.41) is 0. The fourth-order valence-electron chi connectivity index (χ4n) is 2.03. The van der Waals surface area contributed by atoms with Crippen molar-refractivity contribution >= 4 is 7.28 Å². The molecular weight excluding hydrogens is 96.9 g/mol. The molecule has 2 aliphatic rings. The molecule has 2 rings (SSSR count). The van der Waals surface area contributed by atoms with Crippen LogP contribution in [0.5, 0.6) is 0 Å². The first-order chi connectivity index (χ1) is 3.83. The Balaban J connectivity index is 2.06. The average molecular weight is 109 g/mol. The number of hydrogen-bond acceptors (Lipinski definition) is 1. The van der Waals surface area contributed by atoms with Gasteiger partial charge < -0.3 is 5.73 Å². The first-order valence-corrected chi connectivity index (χ1v) is 3.59. The molecule has 8 heavy (non-hydrogen) atoms. The van der Waals surface area contributed by atoms with Crippen molar-refractivity contribution in [2.45, 2.75) is 31.5 Å². The molecular formula is C6H12BN. The molecule has 2 atom stereocenters. The van der Waals surface area contributed by atoms with E-state index in [0.29, 0.717) is 11.5 Å². The van der Waals surface area contributed by atoms with E-state index in [1.165, 1.54) is 32.8 Å². The monoisotopic (exact) mass is 109 g/mol. The molecule has 0 aromatic rings. The molecule has 2 fully saturated rings. The lowest BCUT2D eigenvalue weighted by molar-refractivity contribution is 0.554. The minimum atomic E-state index is 0.588. The van der Waals surface area contributed by atoms with Gasteiger partial charge in [0.1, 0.15) is 7.28 Å². The molecule has 2 unspecified atom stereocenters. The quantitative estimate of drug-likeness (QED) is 0.447. The van der Waals surface area contributed by atoms with Crippen molar-refractivity contribution in [1.82, 2.24) is 0 Å². The van der Waals surface area contributed by atoms with E-state index in [1.807, 2.05) is 0 Å². The Bertz CT molecular complexity index is 107. The van der Waals surface area contributed by atoms with E-state index in [2.05, 4.69) is 0 Å². The van der Waals surface area contributed by atoms with Gasteiger partial charge in [-0.1, -0.05) is 19.1 Å². The van der Waals surface area contributed by atoms with Gasteiger partial charge in [-0.15, -0.1) is 0 Å². The van der Waals surface area contributed by atoms with Crippen LogP contribution in [0.2, 0.25) is 12.6 Å². The van der Waals surface area contributed by atoms with Crippen molar-refractivity contribution in [3.05, 3.63) is 0 Å². The number of rotatable bonds is 0. The predicted molar refractivity (Wildman–Crippen MR) is 36.4 cm³/mol. The fraction of sp³-hybridized carbons (Fsp3) is 1.00. The van der Waals surface area contributed by atoms with E-state index >= 15 is 0 Å². The van der Waals surface area contributed by atoms with Crippen LogP contribution in [0.3, 0.4) is 0 Å². The summed E-state index contributed by atoms with van der Waals surface area (Å²) in [4.78, 5) is 0. The molecule has 1 spiro atoms. The zero-order chi connectivity index (χ0) is 5.61. The zero-order valence-electron chi connectivity index (χ0n) is 5.19. The van der Waals surface area contributed by atoms with Crippen LogP contribution >= 0.6 is 0 Å². The summed E-state index contributed by atoms with van der Waals surface area (Å²) in [6, 6.07) is 0.588. The highest BCUT2D eigenvalue weighted by Gasteiger charge is 2.52. The predicted octanol–water partition coefficient (Wildman–Crippen LogP) is 0.381. The van der Waals surface area contributed by atoms with Gasteiger partial charge in [0.05, 0.1) is 0 Å². The zero-order valence-corrected chi connectivity index (χ0v) is 5.19. The lowest BCUT2D eigenvalue weighted by Gasteiger charge is -2.02. The van der Waals surface area contributed by atoms with Gasteiger partial charge >= 0.3 is 0 Å². The second kappa shape index (κ2) is 1.30. The maximum Gasteiger partial charge on any atom is 0.121 e. The molecule has 0 aromatic heterocycles. The van der Waals surface area contributed by atoms with Crippen LogP contribution in [0, 0.1) is 5.41 Å². The highest BCUT2D eigenvalue weighted by Crippen LogP contribution is 2.55. The Hall–Kier alpha value is 0.0249. The first kappa shape index (κ1) is 4.86. The molecule has 1 nitrogen and oxygen atoms in total.